The van der Waals surface area contributed by atoms with Gasteiger partial charge >= 0.3 is 0 Å². The molecule has 2 unspecified atom stereocenters. The lowest BCUT2D eigenvalue weighted by molar-refractivity contribution is -0.384. The van der Waals surface area contributed by atoms with Gasteiger partial charge in [-0.05, 0) is 12.5 Å². The van der Waals surface area contributed by atoms with Gasteiger partial charge in [0.2, 0.25) is 10.0 Å². The van der Waals surface area contributed by atoms with Gasteiger partial charge in [-0.3, -0.25) is 10.1 Å². The largest absolute Gasteiger partial charge is 0.326 e. The van der Waals surface area contributed by atoms with Crippen LogP contribution in [0.2, 0.25) is 5.02 Å². The fourth-order valence-electron chi connectivity index (χ4n) is 1.43. The Balaban J connectivity index is 2.30. The second kappa shape index (κ2) is 4.47. The molecule has 0 spiro atoms. The third kappa shape index (κ3) is 2.61. The van der Waals surface area contributed by atoms with Gasteiger partial charge in [0.15, 0.2) is 0 Å². The Bertz CT molecular complexity index is 604. The maximum Gasteiger partial charge on any atom is 0.271 e. The zero-order valence-corrected chi connectivity index (χ0v) is 10.6. The van der Waals surface area contributed by atoms with E-state index in [4.69, 9.17) is 17.3 Å². The number of rotatable bonds is 4. The molecule has 0 saturated heterocycles. The van der Waals surface area contributed by atoms with Crippen molar-refractivity contribution in [3.05, 3.63) is 33.3 Å². The SMILES string of the molecule is NC1CC1NS(=O)(=O)c1ccc([N+](=O)[O-])cc1Cl. The quantitative estimate of drug-likeness (QED) is 0.623. The molecule has 3 N–H and O–H groups in total. The number of hydrogen-bond donors (Lipinski definition) is 2. The first kappa shape index (κ1) is 13.2. The molecule has 2 atom stereocenters. The van der Waals surface area contributed by atoms with E-state index in [2.05, 4.69) is 4.72 Å². The summed E-state index contributed by atoms with van der Waals surface area (Å²) in [5.74, 6) is 0. The summed E-state index contributed by atoms with van der Waals surface area (Å²) in [5.41, 5.74) is 5.24. The Hall–Kier alpha value is -1.22. The summed E-state index contributed by atoms with van der Waals surface area (Å²) in [6, 6.07) is 2.73. The first-order chi connectivity index (χ1) is 8.31. The van der Waals surface area contributed by atoms with E-state index >= 15 is 0 Å². The van der Waals surface area contributed by atoms with Crippen LogP contribution in [0.25, 0.3) is 0 Å². The van der Waals surface area contributed by atoms with Crippen LogP contribution >= 0.6 is 11.6 Å². The van der Waals surface area contributed by atoms with Gasteiger partial charge in [-0.25, -0.2) is 13.1 Å². The van der Waals surface area contributed by atoms with E-state index in [9.17, 15) is 18.5 Å². The first-order valence-corrected chi connectivity index (χ1v) is 6.89. The highest BCUT2D eigenvalue weighted by Gasteiger charge is 2.37. The van der Waals surface area contributed by atoms with Crippen LogP contribution < -0.4 is 10.5 Å². The van der Waals surface area contributed by atoms with Crippen molar-refractivity contribution >= 4 is 27.3 Å². The fraction of sp³-hybridized carbons (Fsp3) is 0.333. The monoisotopic (exact) mass is 291 g/mol. The molecule has 1 saturated carbocycles. The van der Waals surface area contributed by atoms with Crippen LogP contribution in [0.5, 0.6) is 0 Å². The van der Waals surface area contributed by atoms with Crippen LogP contribution in [-0.4, -0.2) is 25.4 Å². The number of nitrogens with two attached hydrogens (primary N) is 1. The number of nitrogens with zero attached hydrogens (tertiary/aromatic N) is 1. The van der Waals surface area contributed by atoms with Crippen molar-refractivity contribution in [2.24, 2.45) is 5.73 Å². The smallest absolute Gasteiger partial charge is 0.271 e. The molecule has 0 aromatic heterocycles. The van der Waals surface area contributed by atoms with Crippen molar-refractivity contribution < 1.29 is 13.3 Å². The van der Waals surface area contributed by atoms with Gasteiger partial charge in [0.05, 0.1) is 9.95 Å². The lowest BCUT2D eigenvalue weighted by atomic mass is 10.3. The second-order valence-corrected chi connectivity index (χ2v) is 6.09. The van der Waals surface area contributed by atoms with E-state index in [1.165, 1.54) is 0 Å². The van der Waals surface area contributed by atoms with Gasteiger partial charge in [0.25, 0.3) is 5.69 Å². The van der Waals surface area contributed by atoms with E-state index in [0.717, 1.165) is 18.2 Å². The molecule has 1 aliphatic carbocycles. The highest BCUT2D eigenvalue weighted by atomic mass is 35.5. The van der Waals surface area contributed by atoms with Crippen molar-refractivity contribution in [1.29, 1.82) is 0 Å². The summed E-state index contributed by atoms with van der Waals surface area (Å²) in [6.45, 7) is 0. The average Bonchev–Trinajstić information content (AvgIpc) is 2.92. The van der Waals surface area contributed by atoms with Crippen LogP contribution in [0, 0.1) is 10.1 Å². The maximum atomic E-state index is 11.9. The molecule has 1 aromatic carbocycles. The predicted molar refractivity (Wildman–Crippen MR) is 64.8 cm³/mol. The number of non-ortho nitro benzene ring substituents is 1. The number of benzene rings is 1. The molecule has 1 fully saturated rings. The molecule has 7 nitrogen and oxygen atoms in total. The summed E-state index contributed by atoms with van der Waals surface area (Å²) in [4.78, 5) is 9.68. The molecule has 1 aliphatic rings. The topological polar surface area (TPSA) is 115 Å². The number of hydrogen-bond acceptors (Lipinski definition) is 5. The highest BCUT2D eigenvalue weighted by Crippen LogP contribution is 2.28. The second-order valence-electron chi connectivity index (χ2n) is 4.00. The number of sulfonamides is 1. The molecule has 0 amide bonds. The minimum Gasteiger partial charge on any atom is -0.326 e. The summed E-state index contributed by atoms with van der Waals surface area (Å²) >= 11 is 5.74. The van der Waals surface area contributed by atoms with Gasteiger partial charge in [0, 0.05) is 24.2 Å². The van der Waals surface area contributed by atoms with Crippen LogP contribution in [-0.2, 0) is 10.0 Å². The minimum atomic E-state index is -3.79. The molecule has 9 heteroatoms. The van der Waals surface area contributed by atoms with E-state index < -0.39 is 14.9 Å². The van der Waals surface area contributed by atoms with Crippen LogP contribution in [0.3, 0.4) is 0 Å². The zero-order valence-electron chi connectivity index (χ0n) is 9.04. The van der Waals surface area contributed by atoms with E-state index in [-0.39, 0.29) is 27.7 Å². The molecule has 98 valence electrons. The summed E-state index contributed by atoms with van der Waals surface area (Å²) in [5, 5.41) is 10.3. The van der Waals surface area contributed by atoms with Gasteiger partial charge in [-0.15, -0.1) is 0 Å². The number of nitro benzene ring substituents is 1. The molecular weight excluding hydrogens is 282 g/mol. The lowest BCUT2D eigenvalue weighted by Gasteiger charge is -2.07. The molecule has 0 aliphatic heterocycles. The molecule has 0 bridgehead atoms. The third-order valence-electron chi connectivity index (χ3n) is 2.56. The van der Waals surface area contributed by atoms with Crippen LogP contribution in [0.15, 0.2) is 23.1 Å². The number of nitro groups is 1. The molecule has 1 aromatic rings. The Morgan fingerprint density at radius 3 is 2.56 bits per heavy atom. The maximum absolute atomic E-state index is 11.9. The summed E-state index contributed by atoms with van der Waals surface area (Å²) in [6.07, 6.45) is 0.573. The fourth-order valence-corrected chi connectivity index (χ4v) is 3.27. The van der Waals surface area contributed by atoms with E-state index in [0.29, 0.717) is 6.42 Å². The van der Waals surface area contributed by atoms with Gasteiger partial charge in [0.1, 0.15) is 4.90 Å². The zero-order chi connectivity index (χ0) is 13.5. The van der Waals surface area contributed by atoms with E-state index in [1.807, 2.05) is 0 Å². The lowest BCUT2D eigenvalue weighted by Crippen LogP contribution is -2.30. The Kier molecular flexibility index (Phi) is 3.28. The van der Waals surface area contributed by atoms with Gasteiger partial charge in [-0.1, -0.05) is 11.6 Å². The first-order valence-electron chi connectivity index (χ1n) is 5.03. The van der Waals surface area contributed by atoms with Gasteiger partial charge in [-0.2, -0.15) is 0 Å². The van der Waals surface area contributed by atoms with Crippen molar-refractivity contribution in [2.45, 2.75) is 23.4 Å². The van der Waals surface area contributed by atoms with Crippen LogP contribution in [0.4, 0.5) is 5.69 Å². The highest BCUT2D eigenvalue weighted by molar-refractivity contribution is 7.89. The van der Waals surface area contributed by atoms with Crippen LogP contribution in [0.1, 0.15) is 6.42 Å². The Morgan fingerprint density at radius 2 is 2.11 bits per heavy atom. The molecule has 18 heavy (non-hydrogen) atoms. The molecule has 0 heterocycles. The predicted octanol–water partition coefficient (Wildman–Crippen LogP) is 0.626. The van der Waals surface area contributed by atoms with E-state index in [1.54, 1.807) is 0 Å². The molecular formula is C9H10ClN3O4S. The summed E-state index contributed by atoms with van der Waals surface area (Å²) in [7, 11) is -3.79. The number of halogens is 1. The Morgan fingerprint density at radius 1 is 1.50 bits per heavy atom. The standard InChI is InChI=1S/C9H10ClN3O4S/c10-6-3-5(13(14)15)1-2-9(6)18(16,17)12-8-4-7(8)11/h1-3,7-8,12H,4,11H2. The summed E-state index contributed by atoms with van der Waals surface area (Å²) < 4.78 is 26.2. The minimum absolute atomic E-state index is 0.184. The van der Waals surface area contributed by atoms with Crippen molar-refractivity contribution in [1.82, 2.24) is 4.72 Å². The van der Waals surface area contributed by atoms with Crippen molar-refractivity contribution in [3.63, 3.8) is 0 Å². The average molecular weight is 292 g/mol. The molecule has 0 radical (unpaired) electrons. The third-order valence-corrected chi connectivity index (χ3v) is 4.53. The Labute approximate surface area is 108 Å². The van der Waals surface area contributed by atoms with Crippen molar-refractivity contribution in [3.8, 4) is 0 Å². The van der Waals surface area contributed by atoms with Crippen molar-refractivity contribution in [2.75, 3.05) is 0 Å². The number of nitrogens with one attached hydrogen (secondary N) is 1. The normalized spacial score (nSPS) is 22.8. The van der Waals surface area contributed by atoms with Gasteiger partial charge < -0.3 is 5.73 Å². The molecule has 2 rings (SSSR count).